The van der Waals surface area contributed by atoms with Gasteiger partial charge in [0, 0.05) is 16.1 Å². The third-order valence-corrected chi connectivity index (χ3v) is 3.37. The molecule has 2 aromatic carbocycles. The molecule has 0 amide bonds. The summed E-state index contributed by atoms with van der Waals surface area (Å²) < 4.78 is 20.3. The highest BCUT2D eigenvalue weighted by Crippen LogP contribution is 2.35. The predicted molar refractivity (Wildman–Crippen MR) is 78.2 cm³/mol. The molecule has 19 heavy (non-hydrogen) atoms. The number of hydrogen-bond acceptors (Lipinski definition) is 2. The molecule has 5 heteroatoms. The van der Waals surface area contributed by atoms with Crippen molar-refractivity contribution in [3.8, 4) is 11.5 Å². The standard InChI is InChI=1S/C14H12BrClFNO/c1-8(18)14-11(17)3-2-4-13(14)19-12-6-5-9(15)7-10(12)16/h2-8H,18H2,1H3/t8-/m0/s1. The van der Waals surface area contributed by atoms with E-state index in [2.05, 4.69) is 15.9 Å². The van der Waals surface area contributed by atoms with Gasteiger partial charge in [0.2, 0.25) is 0 Å². The van der Waals surface area contributed by atoms with Crippen LogP contribution in [0, 0.1) is 5.82 Å². The Morgan fingerprint density at radius 3 is 2.63 bits per heavy atom. The minimum absolute atomic E-state index is 0.335. The Kier molecular flexibility index (Phi) is 4.45. The lowest BCUT2D eigenvalue weighted by molar-refractivity contribution is 0.461. The maximum atomic E-state index is 13.8. The van der Waals surface area contributed by atoms with E-state index >= 15 is 0 Å². The van der Waals surface area contributed by atoms with Crippen LogP contribution in [-0.4, -0.2) is 0 Å². The van der Waals surface area contributed by atoms with E-state index in [4.69, 9.17) is 22.1 Å². The van der Waals surface area contributed by atoms with Gasteiger partial charge in [-0.1, -0.05) is 33.6 Å². The third kappa shape index (κ3) is 3.26. The Morgan fingerprint density at radius 1 is 1.26 bits per heavy atom. The molecule has 0 saturated carbocycles. The van der Waals surface area contributed by atoms with E-state index in [-0.39, 0.29) is 5.82 Å². The largest absolute Gasteiger partial charge is 0.455 e. The summed E-state index contributed by atoms with van der Waals surface area (Å²) in [4.78, 5) is 0. The Balaban J connectivity index is 2.41. The second kappa shape index (κ2) is 5.90. The minimum atomic E-state index is -0.467. The van der Waals surface area contributed by atoms with Crippen LogP contribution >= 0.6 is 27.5 Å². The molecule has 0 saturated heterocycles. The fourth-order valence-electron chi connectivity index (χ4n) is 1.72. The van der Waals surface area contributed by atoms with Gasteiger partial charge < -0.3 is 10.5 Å². The molecule has 2 rings (SSSR count). The van der Waals surface area contributed by atoms with Crippen LogP contribution in [0.15, 0.2) is 40.9 Å². The molecule has 0 aliphatic heterocycles. The van der Waals surface area contributed by atoms with Crippen LogP contribution < -0.4 is 10.5 Å². The van der Waals surface area contributed by atoms with Crippen LogP contribution in [0.2, 0.25) is 5.02 Å². The maximum absolute atomic E-state index is 13.8. The van der Waals surface area contributed by atoms with Crippen molar-refractivity contribution in [2.45, 2.75) is 13.0 Å². The zero-order valence-corrected chi connectivity index (χ0v) is 12.5. The summed E-state index contributed by atoms with van der Waals surface area (Å²) in [6.45, 7) is 1.70. The Labute approximate surface area is 124 Å². The van der Waals surface area contributed by atoms with Crippen LogP contribution in [0.3, 0.4) is 0 Å². The van der Waals surface area contributed by atoms with E-state index in [1.54, 1.807) is 37.3 Å². The summed E-state index contributed by atoms with van der Waals surface area (Å²) in [6, 6.07) is 9.35. The highest BCUT2D eigenvalue weighted by Gasteiger charge is 2.15. The Bertz CT molecular complexity index is 604. The molecular weight excluding hydrogens is 333 g/mol. The van der Waals surface area contributed by atoms with E-state index < -0.39 is 6.04 Å². The average molecular weight is 345 g/mol. The lowest BCUT2D eigenvalue weighted by Gasteiger charge is -2.15. The van der Waals surface area contributed by atoms with E-state index in [1.807, 2.05) is 0 Å². The first-order valence-electron chi connectivity index (χ1n) is 5.66. The highest BCUT2D eigenvalue weighted by molar-refractivity contribution is 9.10. The summed E-state index contributed by atoms with van der Waals surface area (Å²) >= 11 is 9.38. The molecule has 1 atom stereocenters. The molecular formula is C14H12BrClFNO. The van der Waals surface area contributed by atoms with Gasteiger partial charge in [0.15, 0.2) is 0 Å². The molecule has 2 N–H and O–H groups in total. The van der Waals surface area contributed by atoms with Crippen LogP contribution in [0.1, 0.15) is 18.5 Å². The topological polar surface area (TPSA) is 35.2 Å². The molecule has 0 heterocycles. The first kappa shape index (κ1) is 14.3. The van der Waals surface area contributed by atoms with Crippen molar-refractivity contribution in [3.63, 3.8) is 0 Å². The quantitative estimate of drug-likeness (QED) is 0.845. The van der Waals surface area contributed by atoms with E-state index in [0.717, 1.165) is 4.47 Å². The molecule has 0 fully saturated rings. The van der Waals surface area contributed by atoms with Gasteiger partial charge in [-0.25, -0.2) is 4.39 Å². The summed E-state index contributed by atoms with van der Waals surface area (Å²) in [5.41, 5.74) is 6.11. The Morgan fingerprint density at radius 2 is 2.00 bits per heavy atom. The van der Waals surface area contributed by atoms with Crippen LogP contribution in [0.5, 0.6) is 11.5 Å². The molecule has 0 aromatic heterocycles. The van der Waals surface area contributed by atoms with Gasteiger partial charge in [0.05, 0.1) is 5.02 Å². The second-order valence-electron chi connectivity index (χ2n) is 4.12. The first-order chi connectivity index (χ1) is 8.99. The zero-order valence-electron chi connectivity index (χ0n) is 10.2. The summed E-state index contributed by atoms with van der Waals surface area (Å²) in [6.07, 6.45) is 0. The van der Waals surface area contributed by atoms with E-state index in [1.165, 1.54) is 6.07 Å². The number of ether oxygens (including phenoxy) is 1. The SMILES string of the molecule is C[C@H](N)c1c(F)cccc1Oc1ccc(Br)cc1Cl. The lowest BCUT2D eigenvalue weighted by atomic mass is 10.1. The number of nitrogens with two attached hydrogens (primary N) is 1. The number of halogens is 3. The fourth-order valence-corrected chi connectivity index (χ4v) is 2.44. The predicted octanol–water partition coefficient (Wildman–Crippen LogP) is 5.05. The van der Waals surface area contributed by atoms with Gasteiger partial charge in [-0.15, -0.1) is 0 Å². The molecule has 2 nitrogen and oxygen atoms in total. The highest BCUT2D eigenvalue weighted by atomic mass is 79.9. The van der Waals surface area contributed by atoms with Crippen LogP contribution in [-0.2, 0) is 0 Å². The Hall–Kier alpha value is -1.10. The van der Waals surface area contributed by atoms with Gasteiger partial charge in [-0.05, 0) is 37.3 Å². The molecule has 0 aliphatic rings. The second-order valence-corrected chi connectivity index (χ2v) is 5.44. The van der Waals surface area contributed by atoms with Gasteiger partial charge in [-0.3, -0.25) is 0 Å². The van der Waals surface area contributed by atoms with E-state index in [9.17, 15) is 4.39 Å². The van der Waals surface area contributed by atoms with Gasteiger partial charge in [-0.2, -0.15) is 0 Å². The lowest BCUT2D eigenvalue weighted by Crippen LogP contribution is -2.09. The zero-order chi connectivity index (χ0) is 14.0. The molecule has 100 valence electrons. The molecule has 0 radical (unpaired) electrons. The van der Waals surface area contributed by atoms with Crippen molar-refractivity contribution in [3.05, 3.63) is 57.3 Å². The summed E-state index contributed by atoms with van der Waals surface area (Å²) in [7, 11) is 0. The van der Waals surface area contributed by atoms with Crippen LogP contribution in [0.4, 0.5) is 4.39 Å². The fraction of sp³-hybridized carbons (Fsp3) is 0.143. The van der Waals surface area contributed by atoms with Crippen molar-refractivity contribution in [1.29, 1.82) is 0 Å². The molecule has 0 unspecified atom stereocenters. The molecule has 0 bridgehead atoms. The van der Waals surface area contributed by atoms with Crippen molar-refractivity contribution in [2.75, 3.05) is 0 Å². The number of hydrogen-bond donors (Lipinski definition) is 1. The normalized spacial score (nSPS) is 12.3. The molecule has 2 aromatic rings. The van der Waals surface area contributed by atoms with Gasteiger partial charge in [0.25, 0.3) is 0 Å². The first-order valence-corrected chi connectivity index (χ1v) is 6.83. The maximum Gasteiger partial charge on any atom is 0.146 e. The van der Waals surface area contributed by atoms with Gasteiger partial charge >= 0.3 is 0 Å². The smallest absolute Gasteiger partial charge is 0.146 e. The minimum Gasteiger partial charge on any atom is -0.455 e. The number of benzene rings is 2. The van der Waals surface area contributed by atoms with Crippen molar-refractivity contribution >= 4 is 27.5 Å². The average Bonchev–Trinajstić information content (AvgIpc) is 2.32. The van der Waals surface area contributed by atoms with Crippen molar-refractivity contribution in [1.82, 2.24) is 0 Å². The number of rotatable bonds is 3. The molecule has 0 aliphatic carbocycles. The third-order valence-electron chi connectivity index (χ3n) is 2.58. The van der Waals surface area contributed by atoms with Crippen LogP contribution in [0.25, 0.3) is 0 Å². The summed E-state index contributed by atoms with van der Waals surface area (Å²) in [5.74, 6) is 0.442. The van der Waals surface area contributed by atoms with Crippen molar-refractivity contribution in [2.24, 2.45) is 5.73 Å². The molecule has 0 spiro atoms. The monoisotopic (exact) mass is 343 g/mol. The van der Waals surface area contributed by atoms with Gasteiger partial charge in [0.1, 0.15) is 17.3 Å². The van der Waals surface area contributed by atoms with E-state index in [0.29, 0.717) is 22.1 Å². The van der Waals surface area contributed by atoms with Crippen molar-refractivity contribution < 1.29 is 9.13 Å². The summed E-state index contributed by atoms with van der Waals surface area (Å²) in [5, 5.41) is 0.439.